The van der Waals surface area contributed by atoms with Crippen LogP contribution >= 0.6 is 0 Å². The molecule has 3 aliphatic rings. The van der Waals surface area contributed by atoms with Crippen LogP contribution in [0.25, 0.3) is 0 Å². The Morgan fingerprint density at radius 3 is 2.84 bits per heavy atom. The second kappa shape index (κ2) is 5.43. The molecule has 0 spiro atoms. The van der Waals surface area contributed by atoms with Crippen molar-refractivity contribution in [2.24, 2.45) is 11.3 Å². The van der Waals surface area contributed by atoms with Crippen molar-refractivity contribution >= 4 is 5.91 Å². The number of nitrogens with one attached hydrogen (secondary N) is 1. The molecular weight excluding hydrogens is 236 g/mol. The molecule has 3 nitrogen and oxygen atoms in total. The molecule has 0 aromatic carbocycles. The van der Waals surface area contributed by atoms with Gasteiger partial charge in [-0.1, -0.05) is 13.3 Å². The van der Waals surface area contributed by atoms with E-state index in [1.54, 1.807) is 0 Å². The number of carbonyl (C=O) groups is 1. The van der Waals surface area contributed by atoms with Crippen molar-refractivity contribution in [1.82, 2.24) is 10.2 Å². The van der Waals surface area contributed by atoms with Gasteiger partial charge >= 0.3 is 0 Å². The third-order valence-electron chi connectivity index (χ3n) is 5.86. The maximum absolute atomic E-state index is 13.1. The molecular formula is C16H28N2O. The van der Waals surface area contributed by atoms with Crippen LogP contribution in [0.4, 0.5) is 0 Å². The van der Waals surface area contributed by atoms with Crippen LogP contribution in [-0.2, 0) is 4.79 Å². The van der Waals surface area contributed by atoms with E-state index in [9.17, 15) is 4.79 Å². The number of carbonyl (C=O) groups excluding carboxylic acids is 1. The number of rotatable bonds is 2. The van der Waals surface area contributed by atoms with Crippen LogP contribution in [0.2, 0.25) is 0 Å². The summed E-state index contributed by atoms with van der Waals surface area (Å²) in [6, 6.07) is 0.576. The molecule has 3 rings (SSSR count). The Kier molecular flexibility index (Phi) is 3.84. The lowest BCUT2D eigenvalue weighted by molar-refractivity contribution is -0.148. The van der Waals surface area contributed by atoms with E-state index in [4.69, 9.17) is 0 Å². The fraction of sp³-hybridized carbons (Fsp3) is 0.938. The summed E-state index contributed by atoms with van der Waals surface area (Å²) in [5.74, 6) is 1.28. The molecule has 19 heavy (non-hydrogen) atoms. The van der Waals surface area contributed by atoms with E-state index in [0.717, 1.165) is 44.8 Å². The highest BCUT2D eigenvalue weighted by atomic mass is 16.2. The van der Waals surface area contributed by atoms with Gasteiger partial charge in [-0.15, -0.1) is 0 Å². The van der Waals surface area contributed by atoms with Gasteiger partial charge < -0.3 is 10.2 Å². The van der Waals surface area contributed by atoms with Gasteiger partial charge in [-0.25, -0.2) is 0 Å². The van der Waals surface area contributed by atoms with Crippen LogP contribution in [0.15, 0.2) is 0 Å². The van der Waals surface area contributed by atoms with Crippen molar-refractivity contribution in [3.8, 4) is 0 Å². The first-order valence-electron chi connectivity index (χ1n) is 8.29. The van der Waals surface area contributed by atoms with Crippen LogP contribution in [0.5, 0.6) is 0 Å². The molecule has 3 fully saturated rings. The van der Waals surface area contributed by atoms with Crippen molar-refractivity contribution < 1.29 is 4.79 Å². The molecule has 108 valence electrons. The van der Waals surface area contributed by atoms with E-state index < -0.39 is 0 Å². The highest BCUT2D eigenvalue weighted by Gasteiger charge is 2.45. The normalized spacial score (nSPS) is 39.1. The lowest BCUT2D eigenvalue weighted by Gasteiger charge is -2.45. The monoisotopic (exact) mass is 264 g/mol. The van der Waals surface area contributed by atoms with Gasteiger partial charge in [-0.05, 0) is 57.4 Å². The molecule has 3 atom stereocenters. The lowest BCUT2D eigenvalue weighted by Crippen LogP contribution is -2.56. The van der Waals surface area contributed by atoms with Gasteiger partial charge in [0.1, 0.15) is 0 Å². The molecule has 1 amide bonds. The molecule has 3 unspecified atom stereocenters. The highest BCUT2D eigenvalue weighted by Crippen LogP contribution is 2.40. The third-order valence-corrected chi connectivity index (χ3v) is 5.86. The van der Waals surface area contributed by atoms with Crippen LogP contribution in [0, 0.1) is 11.3 Å². The molecule has 0 radical (unpaired) electrons. The van der Waals surface area contributed by atoms with E-state index in [1.165, 1.54) is 32.1 Å². The number of likely N-dealkylation sites (tertiary alicyclic amines) is 1. The Balaban J connectivity index is 1.77. The molecule has 1 aliphatic carbocycles. The van der Waals surface area contributed by atoms with Gasteiger partial charge in [-0.3, -0.25) is 4.79 Å². The van der Waals surface area contributed by atoms with E-state index in [1.807, 2.05) is 0 Å². The van der Waals surface area contributed by atoms with Crippen molar-refractivity contribution in [3.05, 3.63) is 0 Å². The van der Waals surface area contributed by atoms with Crippen LogP contribution < -0.4 is 5.32 Å². The predicted octanol–water partition coefficient (Wildman–Crippen LogP) is 2.56. The highest BCUT2D eigenvalue weighted by molar-refractivity contribution is 5.83. The van der Waals surface area contributed by atoms with Gasteiger partial charge in [-0.2, -0.15) is 0 Å². The minimum Gasteiger partial charge on any atom is -0.339 e. The molecule has 2 saturated heterocycles. The summed E-state index contributed by atoms with van der Waals surface area (Å²) >= 11 is 0. The van der Waals surface area contributed by atoms with Gasteiger partial charge in [0.25, 0.3) is 0 Å². The average Bonchev–Trinajstić information content (AvgIpc) is 2.95. The first kappa shape index (κ1) is 13.4. The van der Waals surface area contributed by atoms with E-state index in [0.29, 0.717) is 11.9 Å². The fourth-order valence-corrected chi connectivity index (χ4v) is 4.61. The Morgan fingerprint density at radius 2 is 2.11 bits per heavy atom. The predicted molar refractivity (Wildman–Crippen MR) is 76.9 cm³/mol. The standard InChI is InChI=1S/C16H28N2O/c1-2-16(9-5-10-17-12-16)15(19)18-11-4-7-13-6-3-8-14(13)18/h13-14,17H,2-12H2,1H3. The first-order chi connectivity index (χ1) is 9.27. The van der Waals surface area contributed by atoms with Gasteiger partial charge in [0.05, 0.1) is 5.41 Å². The van der Waals surface area contributed by atoms with Gasteiger partial charge in [0.15, 0.2) is 0 Å². The summed E-state index contributed by atoms with van der Waals surface area (Å²) < 4.78 is 0. The Morgan fingerprint density at radius 1 is 1.26 bits per heavy atom. The molecule has 0 aromatic heterocycles. The summed E-state index contributed by atoms with van der Waals surface area (Å²) in [6.07, 6.45) is 9.75. The minimum atomic E-state index is -0.0945. The summed E-state index contributed by atoms with van der Waals surface area (Å²) in [5, 5.41) is 3.46. The number of fused-ring (bicyclic) bond motifs is 1. The number of amides is 1. The molecule has 0 bridgehead atoms. The van der Waals surface area contributed by atoms with Gasteiger partial charge in [0.2, 0.25) is 5.91 Å². The molecule has 3 heteroatoms. The zero-order valence-corrected chi connectivity index (χ0v) is 12.3. The van der Waals surface area contributed by atoms with E-state index in [-0.39, 0.29) is 5.41 Å². The van der Waals surface area contributed by atoms with Crippen LogP contribution in [0.1, 0.15) is 58.3 Å². The van der Waals surface area contributed by atoms with Crippen molar-refractivity contribution in [1.29, 1.82) is 0 Å². The van der Waals surface area contributed by atoms with Crippen molar-refractivity contribution in [2.75, 3.05) is 19.6 Å². The zero-order valence-electron chi connectivity index (χ0n) is 12.3. The summed E-state index contributed by atoms with van der Waals surface area (Å²) in [7, 11) is 0. The largest absolute Gasteiger partial charge is 0.339 e. The Bertz CT molecular complexity index is 336. The maximum Gasteiger partial charge on any atom is 0.230 e. The number of piperidine rings is 2. The fourth-order valence-electron chi connectivity index (χ4n) is 4.61. The van der Waals surface area contributed by atoms with Crippen molar-refractivity contribution in [2.45, 2.75) is 64.3 Å². The number of hydrogen-bond donors (Lipinski definition) is 1. The SMILES string of the molecule is CCC1(C(=O)N2CCCC3CCCC32)CCCNC1. The van der Waals surface area contributed by atoms with Crippen molar-refractivity contribution in [3.63, 3.8) is 0 Å². The average molecular weight is 264 g/mol. The summed E-state index contributed by atoms with van der Waals surface area (Å²) in [5.41, 5.74) is -0.0945. The number of nitrogens with zero attached hydrogens (tertiary/aromatic N) is 1. The van der Waals surface area contributed by atoms with Crippen LogP contribution in [-0.4, -0.2) is 36.5 Å². The minimum absolute atomic E-state index is 0.0945. The summed E-state index contributed by atoms with van der Waals surface area (Å²) in [4.78, 5) is 15.4. The van der Waals surface area contributed by atoms with Gasteiger partial charge in [0, 0.05) is 19.1 Å². The Hall–Kier alpha value is -0.570. The molecule has 0 aromatic rings. The Labute approximate surface area is 117 Å². The van der Waals surface area contributed by atoms with E-state index >= 15 is 0 Å². The first-order valence-corrected chi connectivity index (χ1v) is 8.29. The zero-order chi connectivity index (χ0) is 13.3. The van der Waals surface area contributed by atoms with E-state index in [2.05, 4.69) is 17.1 Å². The second-order valence-electron chi connectivity index (χ2n) is 6.81. The topological polar surface area (TPSA) is 32.3 Å². The lowest BCUT2D eigenvalue weighted by atomic mass is 9.76. The molecule has 2 aliphatic heterocycles. The molecule has 1 saturated carbocycles. The quantitative estimate of drug-likeness (QED) is 0.831. The number of hydrogen-bond acceptors (Lipinski definition) is 2. The van der Waals surface area contributed by atoms with Crippen LogP contribution in [0.3, 0.4) is 0 Å². The summed E-state index contributed by atoms with van der Waals surface area (Å²) in [6.45, 7) is 5.19. The second-order valence-corrected chi connectivity index (χ2v) is 6.81. The molecule has 2 heterocycles. The maximum atomic E-state index is 13.1. The smallest absolute Gasteiger partial charge is 0.230 e. The third kappa shape index (κ3) is 2.31. The molecule has 1 N–H and O–H groups in total.